The van der Waals surface area contributed by atoms with E-state index in [9.17, 15) is 23.1 Å². The zero-order chi connectivity index (χ0) is 19.4. The number of hydrogen-bond donors (Lipinski definition) is 1. The Hall–Kier alpha value is -2.70. The average molecular weight is 368 g/mol. The molecule has 0 spiro atoms. The molecule has 7 heteroatoms. The highest BCUT2D eigenvalue weighted by atomic mass is 19.4. The lowest BCUT2D eigenvalue weighted by Crippen LogP contribution is -2.45. The first-order valence-electron chi connectivity index (χ1n) is 7.95. The molecule has 0 amide bonds. The Labute approximate surface area is 149 Å². The van der Waals surface area contributed by atoms with Gasteiger partial charge in [0.15, 0.2) is 0 Å². The normalized spacial score (nSPS) is 13.7. The molecule has 0 aliphatic carbocycles. The Morgan fingerprint density at radius 3 is 2.31 bits per heavy atom. The third-order valence-corrected chi connectivity index (χ3v) is 3.68. The molecule has 0 heterocycles. The number of hydrogen-bond acceptors (Lipinski definition) is 4. The zero-order valence-electron chi connectivity index (χ0n) is 14.3. The van der Waals surface area contributed by atoms with E-state index in [-0.39, 0.29) is 24.5 Å². The summed E-state index contributed by atoms with van der Waals surface area (Å²) in [5.74, 6) is -0.514. The van der Waals surface area contributed by atoms with Crippen molar-refractivity contribution in [2.24, 2.45) is 0 Å². The minimum Gasteiger partial charge on any atom is -0.508 e. The maximum atomic E-state index is 12.7. The quantitative estimate of drug-likeness (QED) is 0.770. The maximum Gasteiger partial charge on any atom is 0.416 e. The predicted octanol–water partition coefficient (Wildman–Crippen LogP) is 4.35. The number of phenolic OH excluding ortho intramolecular Hbond substituents is 1. The predicted molar refractivity (Wildman–Crippen MR) is 88.9 cm³/mol. The molecule has 0 radical (unpaired) electrons. The first-order valence-corrected chi connectivity index (χ1v) is 7.95. The molecular formula is C19H19F3O4. The van der Waals surface area contributed by atoms with Gasteiger partial charge in [-0.3, -0.25) is 0 Å². The fourth-order valence-electron chi connectivity index (χ4n) is 2.46. The summed E-state index contributed by atoms with van der Waals surface area (Å²) < 4.78 is 48.8. The van der Waals surface area contributed by atoms with Crippen LogP contribution >= 0.6 is 0 Å². The molecule has 0 aromatic heterocycles. The maximum absolute atomic E-state index is 12.7. The Balaban J connectivity index is 2.28. The second kappa shape index (κ2) is 7.68. The first-order chi connectivity index (χ1) is 12.1. The number of phenols is 1. The number of rotatable bonds is 6. The fraction of sp³-hybridized carbons (Fsp3) is 0.316. The summed E-state index contributed by atoms with van der Waals surface area (Å²) in [5, 5.41) is 9.58. The Morgan fingerprint density at radius 2 is 1.77 bits per heavy atom. The monoisotopic (exact) mass is 368 g/mol. The van der Waals surface area contributed by atoms with Crippen molar-refractivity contribution in [2.75, 3.05) is 6.61 Å². The Morgan fingerprint density at radius 1 is 1.12 bits per heavy atom. The molecule has 0 bridgehead atoms. The van der Waals surface area contributed by atoms with Crippen molar-refractivity contribution in [3.63, 3.8) is 0 Å². The largest absolute Gasteiger partial charge is 0.508 e. The number of alkyl halides is 3. The topological polar surface area (TPSA) is 55.8 Å². The average Bonchev–Trinajstić information content (AvgIpc) is 2.54. The number of ether oxygens (including phenoxy) is 2. The van der Waals surface area contributed by atoms with E-state index >= 15 is 0 Å². The van der Waals surface area contributed by atoms with E-state index in [1.54, 1.807) is 19.1 Å². The molecule has 2 rings (SSSR count). The smallest absolute Gasteiger partial charge is 0.416 e. The number of carbonyl (C=O) groups is 1. The molecule has 0 fully saturated rings. The van der Waals surface area contributed by atoms with Gasteiger partial charge < -0.3 is 14.6 Å². The van der Waals surface area contributed by atoms with Crippen LogP contribution in [0, 0.1) is 0 Å². The lowest BCUT2D eigenvalue weighted by atomic mass is 9.96. The van der Waals surface area contributed by atoms with E-state index in [0.29, 0.717) is 5.56 Å². The highest BCUT2D eigenvalue weighted by Gasteiger charge is 2.38. The van der Waals surface area contributed by atoms with Crippen LogP contribution in [0.1, 0.15) is 25.0 Å². The van der Waals surface area contributed by atoms with E-state index in [4.69, 9.17) is 9.47 Å². The number of benzene rings is 2. The molecular weight excluding hydrogens is 349 g/mol. The SMILES string of the molecule is CCOC(=O)C(C)(Cc1cccc(O)c1)Oc1ccc(C(F)(F)F)cc1. The van der Waals surface area contributed by atoms with Gasteiger partial charge >= 0.3 is 12.1 Å². The summed E-state index contributed by atoms with van der Waals surface area (Å²) in [6.07, 6.45) is -4.38. The van der Waals surface area contributed by atoms with Crippen LogP contribution < -0.4 is 4.74 Å². The van der Waals surface area contributed by atoms with Gasteiger partial charge in [0, 0.05) is 6.42 Å². The van der Waals surface area contributed by atoms with Gasteiger partial charge in [0.2, 0.25) is 5.60 Å². The molecule has 0 saturated carbocycles. The molecule has 1 unspecified atom stereocenters. The zero-order valence-corrected chi connectivity index (χ0v) is 14.3. The molecule has 0 aliphatic rings. The first kappa shape index (κ1) is 19.6. The van der Waals surface area contributed by atoms with Crippen molar-refractivity contribution >= 4 is 5.97 Å². The van der Waals surface area contributed by atoms with Gasteiger partial charge in [-0.2, -0.15) is 13.2 Å². The molecule has 26 heavy (non-hydrogen) atoms. The second-order valence-corrected chi connectivity index (χ2v) is 5.92. The van der Waals surface area contributed by atoms with Crippen LogP contribution in [0.15, 0.2) is 48.5 Å². The molecule has 2 aromatic carbocycles. The van der Waals surface area contributed by atoms with Gasteiger partial charge in [0.05, 0.1) is 12.2 Å². The fourth-order valence-corrected chi connectivity index (χ4v) is 2.46. The minimum atomic E-state index is -4.45. The van der Waals surface area contributed by atoms with Crippen LogP contribution in [0.5, 0.6) is 11.5 Å². The molecule has 1 N–H and O–H groups in total. The van der Waals surface area contributed by atoms with Crippen molar-refractivity contribution in [1.82, 2.24) is 0 Å². The summed E-state index contributed by atoms with van der Waals surface area (Å²) in [6, 6.07) is 10.4. The summed E-state index contributed by atoms with van der Waals surface area (Å²) in [5.41, 5.74) is -1.66. The van der Waals surface area contributed by atoms with Crippen LogP contribution in [0.4, 0.5) is 13.2 Å². The molecule has 4 nitrogen and oxygen atoms in total. The Kier molecular flexibility index (Phi) is 5.79. The highest BCUT2D eigenvalue weighted by molar-refractivity contribution is 5.80. The summed E-state index contributed by atoms with van der Waals surface area (Å²) in [7, 11) is 0. The van der Waals surface area contributed by atoms with E-state index < -0.39 is 23.3 Å². The third kappa shape index (κ3) is 4.91. The van der Waals surface area contributed by atoms with E-state index in [0.717, 1.165) is 24.3 Å². The highest BCUT2D eigenvalue weighted by Crippen LogP contribution is 2.32. The van der Waals surface area contributed by atoms with Crippen LogP contribution in [-0.4, -0.2) is 23.3 Å². The van der Waals surface area contributed by atoms with Crippen molar-refractivity contribution < 1.29 is 32.5 Å². The number of aromatic hydroxyl groups is 1. The van der Waals surface area contributed by atoms with Crippen molar-refractivity contribution in [3.8, 4) is 11.5 Å². The van der Waals surface area contributed by atoms with Gasteiger partial charge in [-0.05, 0) is 55.8 Å². The lowest BCUT2D eigenvalue weighted by Gasteiger charge is -2.28. The molecule has 0 aliphatic heterocycles. The molecule has 0 saturated heterocycles. The Bertz CT molecular complexity index is 756. The standard InChI is InChI=1S/C19H19F3O4/c1-3-25-17(24)18(2,12-13-5-4-6-15(23)11-13)26-16-9-7-14(8-10-16)19(20,21)22/h4-11,23H,3,12H2,1-2H3. The summed E-state index contributed by atoms with van der Waals surface area (Å²) in [6.45, 7) is 3.27. The van der Waals surface area contributed by atoms with Gasteiger partial charge in [0.25, 0.3) is 0 Å². The van der Waals surface area contributed by atoms with Crippen LogP contribution in [0.2, 0.25) is 0 Å². The van der Waals surface area contributed by atoms with Gasteiger partial charge in [-0.1, -0.05) is 12.1 Å². The van der Waals surface area contributed by atoms with Gasteiger partial charge in [-0.15, -0.1) is 0 Å². The third-order valence-electron chi connectivity index (χ3n) is 3.68. The number of carbonyl (C=O) groups excluding carboxylic acids is 1. The van der Waals surface area contributed by atoms with Crippen molar-refractivity contribution in [2.45, 2.75) is 32.0 Å². The molecule has 2 aromatic rings. The number of esters is 1. The van der Waals surface area contributed by atoms with Gasteiger partial charge in [0.1, 0.15) is 11.5 Å². The summed E-state index contributed by atoms with van der Waals surface area (Å²) >= 11 is 0. The lowest BCUT2D eigenvalue weighted by molar-refractivity contribution is -0.160. The van der Waals surface area contributed by atoms with E-state index in [2.05, 4.69) is 0 Å². The van der Waals surface area contributed by atoms with Crippen LogP contribution in [-0.2, 0) is 22.1 Å². The van der Waals surface area contributed by atoms with Crippen LogP contribution in [0.3, 0.4) is 0 Å². The van der Waals surface area contributed by atoms with E-state index in [1.807, 2.05) is 0 Å². The van der Waals surface area contributed by atoms with E-state index in [1.165, 1.54) is 19.1 Å². The minimum absolute atomic E-state index is 0.0308. The van der Waals surface area contributed by atoms with Crippen LogP contribution in [0.25, 0.3) is 0 Å². The van der Waals surface area contributed by atoms with Gasteiger partial charge in [-0.25, -0.2) is 4.79 Å². The van der Waals surface area contributed by atoms with Crippen molar-refractivity contribution in [3.05, 3.63) is 59.7 Å². The summed E-state index contributed by atoms with van der Waals surface area (Å²) in [4.78, 5) is 12.4. The number of halogens is 3. The molecule has 1 atom stereocenters. The molecule has 140 valence electrons. The second-order valence-electron chi connectivity index (χ2n) is 5.92. The van der Waals surface area contributed by atoms with Crippen molar-refractivity contribution in [1.29, 1.82) is 0 Å².